The first-order valence-corrected chi connectivity index (χ1v) is 7.21. The predicted octanol–water partition coefficient (Wildman–Crippen LogP) is 3.51. The van der Waals surface area contributed by atoms with Crippen LogP contribution < -0.4 is 10.6 Å². The van der Waals surface area contributed by atoms with Crippen LogP contribution in [0.5, 0.6) is 5.75 Å². The molecule has 2 aromatic carbocycles. The molecule has 0 fully saturated rings. The minimum atomic E-state index is -1.14. The number of aromatic carboxylic acids is 1. The number of anilines is 4. The lowest BCUT2D eigenvalue weighted by Gasteiger charge is -2.11. The fraction of sp³-hybridized carbons (Fsp3) is 0. The highest BCUT2D eigenvalue weighted by Crippen LogP contribution is 2.24. The molecule has 0 saturated heterocycles. The van der Waals surface area contributed by atoms with E-state index >= 15 is 0 Å². The summed E-state index contributed by atoms with van der Waals surface area (Å²) in [6.45, 7) is 0. The first kappa shape index (κ1) is 16.2. The summed E-state index contributed by atoms with van der Waals surface area (Å²) in [7, 11) is 0. The number of carboxylic acids is 1. The number of halogens is 1. The Bertz CT molecular complexity index is 933. The number of hydrogen-bond acceptors (Lipinski definition) is 6. The van der Waals surface area contributed by atoms with Crippen LogP contribution in [0.1, 0.15) is 10.4 Å². The number of nitrogens with zero attached hydrogens (tertiary/aromatic N) is 2. The van der Waals surface area contributed by atoms with E-state index in [1.54, 1.807) is 24.3 Å². The van der Waals surface area contributed by atoms with Gasteiger partial charge < -0.3 is 20.8 Å². The topological polar surface area (TPSA) is 107 Å². The number of para-hydroxylation sites is 1. The molecule has 1 heterocycles. The Balaban J connectivity index is 1.89. The molecule has 8 heteroatoms. The summed E-state index contributed by atoms with van der Waals surface area (Å²) in [5, 5.41) is 24.1. The molecule has 0 bridgehead atoms. The number of nitrogens with one attached hydrogen (secondary N) is 2. The van der Waals surface area contributed by atoms with Crippen molar-refractivity contribution >= 4 is 29.1 Å². The van der Waals surface area contributed by atoms with E-state index in [9.17, 15) is 19.4 Å². The quantitative estimate of drug-likeness (QED) is 0.563. The Morgan fingerprint density at radius 3 is 2.64 bits per heavy atom. The summed E-state index contributed by atoms with van der Waals surface area (Å²) in [4.78, 5) is 19.1. The Morgan fingerprint density at radius 1 is 1.08 bits per heavy atom. The van der Waals surface area contributed by atoms with Crippen molar-refractivity contribution in [2.75, 3.05) is 10.6 Å². The van der Waals surface area contributed by atoms with Gasteiger partial charge in [-0.25, -0.2) is 14.2 Å². The highest BCUT2D eigenvalue weighted by molar-refractivity contribution is 5.95. The standard InChI is InChI=1S/C17H13FN4O3/c18-13-9-19-17(20-10-4-3-5-11(23)8-10)22-15(13)21-14-7-2-1-6-12(14)16(24)25/h1-9,23H,(H,24,25)(H2,19,20,21,22). The van der Waals surface area contributed by atoms with Gasteiger partial charge in [0.1, 0.15) is 5.75 Å². The van der Waals surface area contributed by atoms with Crippen molar-refractivity contribution in [2.45, 2.75) is 0 Å². The zero-order chi connectivity index (χ0) is 17.8. The fourth-order valence-corrected chi connectivity index (χ4v) is 2.13. The SMILES string of the molecule is O=C(O)c1ccccc1Nc1nc(Nc2cccc(O)c2)ncc1F. The third kappa shape index (κ3) is 3.81. The smallest absolute Gasteiger partial charge is 0.337 e. The van der Waals surface area contributed by atoms with Gasteiger partial charge in [-0.15, -0.1) is 0 Å². The van der Waals surface area contributed by atoms with Crippen LogP contribution >= 0.6 is 0 Å². The molecule has 3 aromatic rings. The van der Waals surface area contributed by atoms with E-state index in [0.29, 0.717) is 5.69 Å². The van der Waals surface area contributed by atoms with Gasteiger partial charge in [-0.1, -0.05) is 18.2 Å². The molecule has 0 amide bonds. The van der Waals surface area contributed by atoms with Gasteiger partial charge in [0.25, 0.3) is 0 Å². The Kier molecular flexibility index (Phi) is 4.42. The molecule has 0 unspecified atom stereocenters. The van der Waals surface area contributed by atoms with Gasteiger partial charge in [0, 0.05) is 11.8 Å². The number of benzene rings is 2. The van der Waals surface area contributed by atoms with E-state index in [2.05, 4.69) is 20.6 Å². The average molecular weight is 340 g/mol. The molecule has 126 valence electrons. The highest BCUT2D eigenvalue weighted by Gasteiger charge is 2.13. The van der Waals surface area contributed by atoms with Crippen molar-refractivity contribution in [3.05, 3.63) is 66.1 Å². The molecule has 3 rings (SSSR count). The van der Waals surface area contributed by atoms with Crippen molar-refractivity contribution in [1.29, 1.82) is 0 Å². The molecule has 25 heavy (non-hydrogen) atoms. The van der Waals surface area contributed by atoms with Gasteiger partial charge in [0.2, 0.25) is 5.95 Å². The van der Waals surface area contributed by atoms with Crippen LogP contribution in [0.2, 0.25) is 0 Å². The molecule has 7 nitrogen and oxygen atoms in total. The lowest BCUT2D eigenvalue weighted by molar-refractivity contribution is 0.0698. The lowest BCUT2D eigenvalue weighted by atomic mass is 10.2. The number of aromatic hydroxyl groups is 1. The summed E-state index contributed by atoms with van der Waals surface area (Å²) < 4.78 is 14.0. The predicted molar refractivity (Wildman–Crippen MR) is 90.1 cm³/mol. The Hall–Kier alpha value is -3.68. The summed E-state index contributed by atoms with van der Waals surface area (Å²) in [6, 6.07) is 12.4. The van der Waals surface area contributed by atoms with Crippen molar-refractivity contribution in [1.82, 2.24) is 9.97 Å². The summed E-state index contributed by atoms with van der Waals surface area (Å²) in [5.41, 5.74) is 0.711. The van der Waals surface area contributed by atoms with E-state index in [4.69, 9.17) is 0 Å². The molecule has 0 spiro atoms. The van der Waals surface area contributed by atoms with Gasteiger partial charge in [0.15, 0.2) is 11.6 Å². The number of rotatable bonds is 5. The maximum atomic E-state index is 14.0. The third-order valence-corrected chi connectivity index (χ3v) is 3.26. The molecule has 0 atom stereocenters. The first-order valence-electron chi connectivity index (χ1n) is 7.21. The molecular weight excluding hydrogens is 327 g/mol. The van der Waals surface area contributed by atoms with Crippen molar-refractivity contribution in [3.63, 3.8) is 0 Å². The van der Waals surface area contributed by atoms with Crippen molar-refractivity contribution < 1.29 is 19.4 Å². The number of hydrogen-bond donors (Lipinski definition) is 4. The Morgan fingerprint density at radius 2 is 1.88 bits per heavy atom. The monoisotopic (exact) mass is 340 g/mol. The van der Waals surface area contributed by atoms with Gasteiger partial charge >= 0.3 is 5.97 Å². The van der Waals surface area contributed by atoms with Crippen LogP contribution in [0.4, 0.5) is 27.5 Å². The lowest BCUT2D eigenvalue weighted by Crippen LogP contribution is -2.06. The molecule has 0 aliphatic carbocycles. The zero-order valence-corrected chi connectivity index (χ0v) is 12.8. The van der Waals surface area contributed by atoms with Crippen LogP contribution in [0.15, 0.2) is 54.7 Å². The molecular formula is C17H13FN4O3. The average Bonchev–Trinajstić information content (AvgIpc) is 2.58. The van der Waals surface area contributed by atoms with Crippen LogP contribution in [-0.2, 0) is 0 Å². The molecule has 0 radical (unpaired) electrons. The van der Waals surface area contributed by atoms with Crippen molar-refractivity contribution in [2.24, 2.45) is 0 Å². The number of carbonyl (C=O) groups is 1. The Labute approximate surface area is 141 Å². The van der Waals surface area contributed by atoms with Crippen LogP contribution in [0.25, 0.3) is 0 Å². The first-order chi connectivity index (χ1) is 12.0. The van der Waals surface area contributed by atoms with Gasteiger partial charge in [-0.2, -0.15) is 4.98 Å². The summed E-state index contributed by atoms with van der Waals surface area (Å²) in [5.74, 6) is -1.91. The van der Waals surface area contributed by atoms with Crippen LogP contribution in [-0.4, -0.2) is 26.2 Å². The van der Waals surface area contributed by atoms with E-state index in [0.717, 1.165) is 6.20 Å². The maximum Gasteiger partial charge on any atom is 0.337 e. The van der Waals surface area contributed by atoms with E-state index < -0.39 is 11.8 Å². The third-order valence-electron chi connectivity index (χ3n) is 3.26. The number of carboxylic acid groups (broad SMARTS) is 1. The molecule has 0 aliphatic rings. The van der Waals surface area contributed by atoms with Gasteiger partial charge in [-0.3, -0.25) is 0 Å². The maximum absolute atomic E-state index is 14.0. The van der Waals surface area contributed by atoms with E-state index in [1.165, 1.54) is 24.3 Å². The normalized spacial score (nSPS) is 10.3. The second kappa shape index (κ2) is 6.83. The minimum absolute atomic E-state index is 0.0111. The second-order valence-corrected chi connectivity index (χ2v) is 5.04. The number of phenolic OH excluding ortho intramolecular Hbond substituents is 1. The zero-order valence-electron chi connectivity index (χ0n) is 12.8. The van der Waals surface area contributed by atoms with Crippen molar-refractivity contribution in [3.8, 4) is 5.75 Å². The van der Waals surface area contributed by atoms with Gasteiger partial charge in [0.05, 0.1) is 17.4 Å². The number of phenols is 1. The minimum Gasteiger partial charge on any atom is -0.508 e. The van der Waals surface area contributed by atoms with Gasteiger partial charge in [-0.05, 0) is 24.3 Å². The molecule has 1 aromatic heterocycles. The summed E-state index contributed by atoms with van der Waals surface area (Å²) >= 11 is 0. The summed E-state index contributed by atoms with van der Waals surface area (Å²) in [6.07, 6.45) is 0.962. The number of aromatic nitrogens is 2. The highest BCUT2D eigenvalue weighted by atomic mass is 19.1. The molecule has 0 aliphatic heterocycles. The van der Waals surface area contributed by atoms with Crippen LogP contribution in [0, 0.1) is 5.82 Å². The van der Waals surface area contributed by atoms with Crippen LogP contribution in [0.3, 0.4) is 0 Å². The fourth-order valence-electron chi connectivity index (χ4n) is 2.13. The second-order valence-electron chi connectivity index (χ2n) is 5.04. The van der Waals surface area contributed by atoms with E-state index in [-0.39, 0.29) is 28.8 Å². The molecule has 0 saturated carbocycles. The largest absolute Gasteiger partial charge is 0.508 e. The van der Waals surface area contributed by atoms with E-state index in [1.807, 2.05) is 0 Å². The molecule has 4 N–H and O–H groups in total.